The molecule has 1 aromatic rings. The Morgan fingerprint density at radius 2 is 1.27 bits per heavy atom. The molecule has 0 aliphatic carbocycles. The van der Waals surface area contributed by atoms with Gasteiger partial charge in [0.05, 0.1) is 0 Å². The Labute approximate surface area is 81.1 Å². The zero-order valence-corrected chi connectivity index (χ0v) is 10.9. The van der Waals surface area contributed by atoms with Gasteiger partial charge in [-0.2, -0.15) is 0 Å². The molecule has 0 unspecified atom stereocenters. The number of hydrogen-bond donors (Lipinski definition) is 0. The number of hydrogen-bond acceptors (Lipinski definition) is 0. The van der Waals surface area contributed by atoms with Crippen LogP contribution in [0.4, 0.5) is 0 Å². The third kappa shape index (κ3) is 3.20. The molecule has 0 spiro atoms. The molecule has 1 rings (SSSR count). The molecule has 62 valence electrons. The van der Waals surface area contributed by atoms with E-state index in [-0.39, 0.29) is 0 Å². The summed E-state index contributed by atoms with van der Waals surface area (Å²) in [5, 5.41) is 0. The van der Waals surface area contributed by atoms with Crippen LogP contribution in [0.1, 0.15) is 0 Å². The molecular weight excluding hydrogens is 336 g/mol. The maximum atomic E-state index is 5.81. The van der Waals surface area contributed by atoms with Gasteiger partial charge in [0, 0.05) is 0 Å². The fraction of sp³-hybridized carbons (Fsp3) is 0. The molecule has 0 amide bonds. The third-order valence-corrected chi connectivity index (χ3v) is 9.46. The molecule has 0 heterocycles. The molecule has 0 nitrogen and oxygen atoms in total. The van der Waals surface area contributed by atoms with E-state index >= 15 is 0 Å². The molecule has 1 aromatic carbocycles. The van der Waals surface area contributed by atoms with Gasteiger partial charge in [-0.25, -0.2) is 0 Å². The van der Waals surface area contributed by atoms with Gasteiger partial charge in [-0.05, 0) is 0 Å². The molecule has 0 atom stereocenters. The monoisotopic (exact) mass is 338 g/mol. The summed E-state index contributed by atoms with van der Waals surface area (Å²) >= 11 is -4.35. The van der Waals surface area contributed by atoms with Crippen molar-refractivity contribution in [3.63, 3.8) is 0 Å². The van der Waals surface area contributed by atoms with E-state index in [9.17, 15) is 0 Å². The first-order valence-corrected chi connectivity index (χ1v) is 17.0. The molecule has 0 aromatic heterocycles. The van der Waals surface area contributed by atoms with Crippen LogP contribution in [0.3, 0.4) is 0 Å². The van der Waals surface area contributed by atoms with Gasteiger partial charge in [-0.1, -0.05) is 0 Å². The summed E-state index contributed by atoms with van der Waals surface area (Å²) in [4.78, 5) is 0. The van der Waals surface area contributed by atoms with E-state index < -0.39 is 12.8 Å². The van der Waals surface area contributed by atoms with Crippen molar-refractivity contribution in [2.75, 3.05) is 0 Å². The fourth-order valence-corrected chi connectivity index (χ4v) is 5.45. The predicted molar refractivity (Wildman–Crippen MR) is 55.2 cm³/mol. The second-order valence-electron chi connectivity index (χ2n) is 2.06. The van der Waals surface area contributed by atoms with Gasteiger partial charge in [0.25, 0.3) is 0 Å². The van der Waals surface area contributed by atoms with Crippen molar-refractivity contribution in [2.45, 2.75) is 0 Å². The summed E-state index contributed by atoms with van der Waals surface area (Å²) in [6, 6.07) is 8.93. The zero-order valence-electron chi connectivity index (χ0n) is 5.35. The first-order chi connectivity index (χ1) is 4.86. The van der Waals surface area contributed by atoms with Crippen LogP contribution in [-0.4, -0.2) is 12.8 Å². The van der Waals surface area contributed by atoms with Crippen LogP contribution in [0.5, 0.6) is 0 Å². The van der Waals surface area contributed by atoms with Gasteiger partial charge < -0.3 is 0 Å². The van der Waals surface area contributed by atoms with Crippen LogP contribution >= 0.6 is 35.3 Å². The van der Waals surface area contributed by atoms with Crippen LogP contribution in [0.25, 0.3) is 0 Å². The van der Waals surface area contributed by atoms with Crippen LogP contribution in [-0.2, 0) is 0 Å². The van der Waals surface area contributed by atoms with Crippen LogP contribution < -0.4 is 3.51 Å². The first-order valence-electron chi connectivity index (χ1n) is 2.81. The normalized spacial score (nSPS) is 15.5. The Kier molecular flexibility index (Phi) is 2.95. The quantitative estimate of drug-likeness (QED) is 0.689. The van der Waals surface area contributed by atoms with Gasteiger partial charge in [0.15, 0.2) is 0 Å². The van der Waals surface area contributed by atoms with Crippen molar-refractivity contribution in [2.24, 2.45) is 0 Å². The second-order valence-corrected chi connectivity index (χ2v) is 32.8. The van der Waals surface area contributed by atoms with E-state index in [0.717, 1.165) is 0 Å². The van der Waals surface area contributed by atoms with Crippen molar-refractivity contribution in [1.29, 1.82) is 0 Å². The Balaban J connectivity index is 3.14. The van der Waals surface area contributed by atoms with E-state index in [1.807, 2.05) is 6.07 Å². The molecule has 0 saturated carbocycles. The summed E-state index contributed by atoms with van der Waals surface area (Å²) in [5.41, 5.74) is 0. The summed E-state index contributed by atoms with van der Waals surface area (Å²) in [6.07, 6.45) is 0. The fourth-order valence-electron chi connectivity index (χ4n) is 0.653. The van der Waals surface area contributed by atoms with E-state index in [1.54, 1.807) is 24.3 Å². The third-order valence-electron chi connectivity index (χ3n) is 1.15. The molecule has 0 bridgehead atoms. The Morgan fingerprint density at radius 1 is 0.818 bits per heavy atom. The number of benzene rings is 1. The molecule has 0 aliphatic heterocycles. The van der Waals surface area contributed by atoms with Gasteiger partial charge in [-0.3, -0.25) is 0 Å². The van der Waals surface area contributed by atoms with Crippen LogP contribution in [0.15, 0.2) is 30.3 Å². The minimum absolute atomic E-state index is 0.645. The molecular formula is C6H5Cl4Sb. The standard InChI is InChI=1S/C6H5.4ClH.Sb/c1-2-4-6-5-3-1;;;;;/h1-5H;4*1H;/q;;;;;+4/p-4. The Hall–Kier alpha value is 1.20. The molecule has 0 N–H and O–H groups in total. The second kappa shape index (κ2) is 3.16. The van der Waals surface area contributed by atoms with Crippen LogP contribution in [0.2, 0.25) is 0 Å². The molecule has 11 heavy (non-hydrogen) atoms. The molecule has 0 radical (unpaired) electrons. The number of halogens is 4. The van der Waals surface area contributed by atoms with E-state index in [2.05, 4.69) is 0 Å². The predicted octanol–water partition coefficient (Wildman–Crippen LogP) is 3.24. The Morgan fingerprint density at radius 3 is 1.55 bits per heavy atom. The average Bonchev–Trinajstić information content (AvgIpc) is 1.86. The molecule has 0 fully saturated rings. The van der Waals surface area contributed by atoms with Gasteiger partial charge in [0.1, 0.15) is 0 Å². The molecule has 0 aliphatic rings. The zero-order chi connectivity index (χ0) is 8.56. The van der Waals surface area contributed by atoms with Gasteiger partial charge >= 0.3 is 82.0 Å². The van der Waals surface area contributed by atoms with Gasteiger partial charge in [-0.15, -0.1) is 0 Å². The summed E-state index contributed by atoms with van der Waals surface area (Å²) in [6.45, 7) is 0. The van der Waals surface area contributed by atoms with Crippen molar-refractivity contribution >= 4 is 51.7 Å². The summed E-state index contributed by atoms with van der Waals surface area (Å²) in [5.74, 6) is 0. The average molecular weight is 341 g/mol. The van der Waals surface area contributed by atoms with E-state index in [0.29, 0.717) is 3.51 Å². The first kappa shape index (κ1) is 10.3. The van der Waals surface area contributed by atoms with Crippen molar-refractivity contribution in [3.8, 4) is 0 Å². The topological polar surface area (TPSA) is 0 Å². The van der Waals surface area contributed by atoms with Crippen molar-refractivity contribution in [3.05, 3.63) is 30.3 Å². The van der Waals surface area contributed by atoms with E-state index in [1.165, 1.54) is 0 Å². The molecule has 5 heteroatoms. The summed E-state index contributed by atoms with van der Waals surface area (Å²) in [7, 11) is 23.2. The van der Waals surface area contributed by atoms with Crippen molar-refractivity contribution in [1.82, 2.24) is 0 Å². The minimum atomic E-state index is -4.35. The summed E-state index contributed by atoms with van der Waals surface area (Å²) < 4.78 is 0.645. The van der Waals surface area contributed by atoms with E-state index in [4.69, 9.17) is 35.3 Å². The maximum absolute atomic E-state index is 5.81. The molecule has 0 saturated heterocycles. The van der Waals surface area contributed by atoms with Crippen LogP contribution in [0, 0.1) is 0 Å². The Bertz CT molecular complexity index is 241. The van der Waals surface area contributed by atoms with Crippen molar-refractivity contribution < 1.29 is 0 Å². The SMILES string of the molecule is [Cl][Sb]([Cl])([Cl])([Cl])[c]1ccccc1. The van der Waals surface area contributed by atoms with Gasteiger partial charge in [0.2, 0.25) is 0 Å². The number of rotatable bonds is 1.